The van der Waals surface area contributed by atoms with E-state index in [1.54, 1.807) is 18.9 Å². The summed E-state index contributed by atoms with van der Waals surface area (Å²) in [6.45, 7) is 1.73. The summed E-state index contributed by atoms with van der Waals surface area (Å²) in [5.41, 5.74) is 0. The highest BCUT2D eigenvalue weighted by molar-refractivity contribution is 5.80. The van der Waals surface area contributed by atoms with Gasteiger partial charge in [0.2, 0.25) is 0 Å². The summed E-state index contributed by atoms with van der Waals surface area (Å²) in [6, 6.07) is -0.0381. The van der Waals surface area contributed by atoms with Crippen LogP contribution < -0.4 is 0 Å². The Hall–Kier alpha value is -0.610. The van der Waals surface area contributed by atoms with Crippen LogP contribution in [0.4, 0.5) is 0 Å². The SMILES string of the molecule is COC(C)C(=O)N(C)C1CCCCC1O. The van der Waals surface area contributed by atoms with Crippen molar-refractivity contribution in [3.8, 4) is 0 Å². The lowest BCUT2D eigenvalue weighted by Crippen LogP contribution is -2.49. The highest BCUT2D eigenvalue weighted by Crippen LogP contribution is 2.22. The molecule has 0 spiro atoms. The summed E-state index contributed by atoms with van der Waals surface area (Å²) in [6.07, 6.45) is 3.02. The van der Waals surface area contributed by atoms with Crippen molar-refractivity contribution in [2.24, 2.45) is 0 Å². The number of carbonyl (C=O) groups is 1. The predicted octanol–water partition coefficient (Wildman–Crippen LogP) is 0.783. The average Bonchev–Trinajstić information content (AvgIpc) is 2.26. The topological polar surface area (TPSA) is 49.8 Å². The molecule has 0 heterocycles. The summed E-state index contributed by atoms with van der Waals surface area (Å²) in [5, 5.41) is 9.81. The van der Waals surface area contributed by atoms with Crippen molar-refractivity contribution in [1.82, 2.24) is 4.90 Å². The Morgan fingerprint density at radius 3 is 2.60 bits per heavy atom. The van der Waals surface area contributed by atoms with Gasteiger partial charge in [0.1, 0.15) is 6.10 Å². The van der Waals surface area contributed by atoms with Crippen molar-refractivity contribution < 1.29 is 14.6 Å². The van der Waals surface area contributed by atoms with Crippen LogP contribution in [0.5, 0.6) is 0 Å². The van der Waals surface area contributed by atoms with E-state index >= 15 is 0 Å². The normalized spacial score (nSPS) is 28.5. The maximum Gasteiger partial charge on any atom is 0.251 e. The van der Waals surface area contributed by atoms with Crippen LogP contribution in [0.2, 0.25) is 0 Å². The fourth-order valence-electron chi connectivity index (χ4n) is 2.09. The molecule has 1 aliphatic rings. The fourth-order valence-corrected chi connectivity index (χ4v) is 2.09. The van der Waals surface area contributed by atoms with Crippen molar-refractivity contribution >= 4 is 5.91 Å². The third kappa shape index (κ3) is 2.92. The van der Waals surface area contributed by atoms with Crippen LogP contribution in [-0.2, 0) is 9.53 Å². The third-order valence-electron chi connectivity index (χ3n) is 3.24. The highest BCUT2D eigenvalue weighted by atomic mass is 16.5. The smallest absolute Gasteiger partial charge is 0.251 e. The molecule has 1 N–H and O–H groups in total. The number of aliphatic hydroxyl groups is 1. The van der Waals surface area contributed by atoms with Crippen LogP contribution in [0.3, 0.4) is 0 Å². The molecule has 1 rings (SSSR count). The highest BCUT2D eigenvalue weighted by Gasteiger charge is 2.31. The molecule has 15 heavy (non-hydrogen) atoms. The maximum absolute atomic E-state index is 11.8. The molecule has 0 aromatic rings. The molecule has 1 aliphatic carbocycles. The molecule has 4 heteroatoms. The van der Waals surface area contributed by atoms with Gasteiger partial charge in [-0.05, 0) is 19.8 Å². The largest absolute Gasteiger partial charge is 0.391 e. The van der Waals surface area contributed by atoms with Gasteiger partial charge >= 0.3 is 0 Å². The van der Waals surface area contributed by atoms with Gasteiger partial charge in [0.25, 0.3) is 5.91 Å². The number of likely N-dealkylation sites (N-methyl/N-ethyl adjacent to an activating group) is 1. The van der Waals surface area contributed by atoms with Crippen LogP contribution in [0.1, 0.15) is 32.6 Å². The van der Waals surface area contributed by atoms with E-state index in [4.69, 9.17) is 4.74 Å². The zero-order valence-corrected chi connectivity index (χ0v) is 9.77. The van der Waals surface area contributed by atoms with E-state index in [2.05, 4.69) is 0 Å². The standard InChI is InChI=1S/C11H21NO3/c1-8(15-3)11(14)12(2)9-6-4-5-7-10(9)13/h8-10,13H,4-7H2,1-3H3. The van der Waals surface area contributed by atoms with E-state index in [1.807, 2.05) is 0 Å². The molecule has 4 nitrogen and oxygen atoms in total. The molecule has 3 unspecified atom stereocenters. The van der Waals surface area contributed by atoms with Crippen molar-refractivity contribution in [1.29, 1.82) is 0 Å². The van der Waals surface area contributed by atoms with E-state index in [9.17, 15) is 9.90 Å². The molecule has 0 bridgehead atoms. The molecule has 0 aliphatic heterocycles. The van der Waals surface area contributed by atoms with Crippen LogP contribution in [0.15, 0.2) is 0 Å². The first-order valence-electron chi connectivity index (χ1n) is 5.55. The summed E-state index contributed by atoms with van der Waals surface area (Å²) in [4.78, 5) is 13.4. The molecule has 3 atom stereocenters. The van der Waals surface area contributed by atoms with Crippen molar-refractivity contribution in [2.75, 3.05) is 14.2 Å². The van der Waals surface area contributed by atoms with Gasteiger partial charge in [0, 0.05) is 14.2 Å². The molecule has 0 aromatic carbocycles. The Labute approximate surface area is 91.2 Å². The number of nitrogens with zero attached hydrogens (tertiary/aromatic N) is 1. The number of aliphatic hydroxyl groups excluding tert-OH is 1. The van der Waals surface area contributed by atoms with E-state index < -0.39 is 6.10 Å². The number of methoxy groups -OCH3 is 1. The molecular weight excluding hydrogens is 194 g/mol. The van der Waals surface area contributed by atoms with Crippen LogP contribution >= 0.6 is 0 Å². The van der Waals surface area contributed by atoms with Crippen molar-refractivity contribution in [2.45, 2.75) is 50.9 Å². The molecule has 0 aromatic heterocycles. The lowest BCUT2D eigenvalue weighted by Gasteiger charge is -2.36. The van der Waals surface area contributed by atoms with Crippen molar-refractivity contribution in [3.63, 3.8) is 0 Å². The quantitative estimate of drug-likeness (QED) is 0.757. The zero-order valence-electron chi connectivity index (χ0n) is 9.77. The first-order valence-corrected chi connectivity index (χ1v) is 5.55. The Balaban J connectivity index is 2.57. The van der Waals surface area contributed by atoms with E-state index in [1.165, 1.54) is 7.11 Å². The Kier molecular flexibility index (Phi) is 4.54. The first-order chi connectivity index (χ1) is 7.07. The fraction of sp³-hybridized carbons (Fsp3) is 0.909. The lowest BCUT2D eigenvalue weighted by molar-refractivity contribution is -0.145. The number of carbonyl (C=O) groups excluding carboxylic acids is 1. The zero-order chi connectivity index (χ0) is 11.4. The van der Waals surface area contributed by atoms with Gasteiger partial charge in [0.15, 0.2) is 0 Å². The molecule has 1 amide bonds. The van der Waals surface area contributed by atoms with Gasteiger partial charge in [-0.2, -0.15) is 0 Å². The lowest BCUT2D eigenvalue weighted by atomic mass is 9.91. The van der Waals surface area contributed by atoms with Crippen LogP contribution in [0, 0.1) is 0 Å². The number of amides is 1. The Morgan fingerprint density at radius 1 is 1.47 bits per heavy atom. The van der Waals surface area contributed by atoms with Gasteiger partial charge < -0.3 is 14.7 Å². The van der Waals surface area contributed by atoms with Gasteiger partial charge in [-0.25, -0.2) is 0 Å². The van der Waals surface area contributed by atoms with Gasteiger partial charge in [-0.3, -0.25) is 4.79 Å². The number of rotatable bonds is 3. The number of ether oxygens (including phenoxy) is 1. The number of hydrogen-bond acceptors (Lipinski definition) is 3. The van der Waals surface area contributed by atoms with Gasteiger partial charge in [-0.15, -0.1) is 0 Å². The molecule has 0 saturated heterocycles. The Morgan fingerprint density at radius 2 is 2.07 bits per heavy atom. The second-order valence-corrected chi connectivity index (χ2v) is 4.25. The minimum Gasteiger partial charge on any atom is -0.391 e. The minimum atomic E-state index is -0.427. The summed E-state index contributed by atoms with van der Waals surface area (Å²) < 4.78 is 4.99. The molecule has 1 saturated carbocycles. The van der Waals surface area contributed by atoms with Gasteiger partial charge in [0.05, 0.1) is 12.1 Å². The summed E-state index contributed by atoms with van der Waals surface area (Å²) in [7, 11) is 3.27. The van der Waals surface area contributed by atoms with Gasteiger partial charge in [-0.1, -0.05) is 12.8 Å². The van der Waals surface area contributed by atoms with Crippen LogP contribution in [0.25, 0.3) is 0 Å². The third-order valence-corrected chi connectivity index (χ3v) is 3.24. The predicted molar refractivity (Wildman–Crippen MR) is 57.5 cm³/mol. The van der Waals surface area contributed by atoms with E-state index in [0.29, 0.717) is 0 Å². The van der Waals surface area contributed by atoms with Crippen LogP contribution in [-0.4, -0.2) is 48.3 Å². The maximum atomic E-state index is 11.8. The molecular formula is C11H21NO3. The molecule has 88 valence electrons. The molecule has 0 radical (unpaired) electrons. The minimum absolute atomic E-state index is 0.0381. The molecule has 1 fully saturated rings. The second-order valence-electron chi connectivity index (χ2n) is 4.25. The Bertz CT molecular complexity index is 220. The van der Waals surface area contributed by atoms with Crippen molar-refractivity contribution in [3.05, 3.63) is 0 Å². The van der Waals surface area contributed by atoms with E-state index in [-0.39, 0.29) is 18.1 Å². The summed E-state index contributed by atoms with van der Waals surface area (Å²) in [5.74, 6) is -0.0524. The summed E-state index contributed by atoms with van der Waals surface area (Å²) >= 11 is 0. The monoisotopic (exact) mass is 215 g/mol. The second kappa shape index (κ2) is 5.47. The first kappa shape index (κ1) is 12.5. The number of hydrogen-bond donors (Lipinski definition) is 1. The van der Waals surface area contributed by atoms with E-state index in [0.717, 1.165) is 25.7 Å². The average molecular weight is 215 g/mol.